The fraction of sp³-hybridized carbons (Fsp3) is 0.438. The summed E-state index contributed by atoms with van der Waals surface area (Å²) in [6, 6.07) is 8.65. The molecule has 0 saturated carbocycles. The lowest BCUT2D eigenvalue weighted by Gasteiger charge is -2.36. The van der Waals surface area contributed by atoms with E-state index in [9.17, 15) is 4.79 Å². The van der Waals surface area contributed by atoms with E-state index in [2.05, 4.69) is 35.2 Å². The summed E-state index contributed by atoms with van der Waals surface area (Å²) in [6.07, 6.45) is 3.29. The van der Waals surface area contributed by atoms with Crippen molar-refractivity contribution in [1.82, 2.24) is 9.80 Å². The first-order valence-corrected chi connectivity index (χ1v) is 7.13. The number of benzene rings is 1. The molecule has 0 aromatic heterocycles. The summed E-state index contributed by atoms with van der Waals surface area (Å²) in [5.41, 5.74) is 4.12. The quantitative estimate of drug-likeness (QED) is 0.920. The van der Waals surface area contributed by atoms with E-state index in [1.165, 1.54) is 21.6 Å². The molecule has 1 aliphatic heterocycles. The van der Waals surface area contributed by atoms with Gasteiger partial charge in [0, 0.05) is 32.7 Å². The molecule has 1 aromatic rings. The number of piperidine rings is 1. The minimum atomic E-state index is -0.820. The Hall–Kier alpha value is -1.81. The molecule has 0 unspecified atom stereocenters. The maximum atomic E-state index is 11.0. The van der Waals surface area contributed by atoms with Gasteiger partial charge in [-0.05, 0) is 35.6 Å². The van der Waals surface area contributed by atoms with Gasteiger partial charge in [-0.3, -0.25) is 4.90 Å². The molecule has 1 aliphatic carbocycles. The van der Waals surface area contributed by atoms with Crippen LogP contribution in [0.5, 0.6) is 0 Å². The summed E-state index contributed by atoms with van der Waals surface area (Å²) in [5, 5.41) is 9.01. The molecule has 1 heterocycles. The molecule has 3 rings (SSSR count). The molecule has 0 bridgehead atoms. The summed E-state index contributed by atoms with van der Waals surface area (Å²) >= 11 is 0. The monoisotopic (exact) mass is 272 g/mol. The van der Waals surface area contributed by atoms with Gasteiger partial charge < -0.3 is 10.0 Å². The van der Waals surface area contributed by atoms with E-state index in [1.54, 1.807) is 7.05 Å². The molecule has 1 fully saturated rings. The molecule has 2 aliphatic rings. The Bertz CT molecular complexity index is 545. The van der Waals surface area contributed by atoms with Gasteiger partial charge >= 0.3 is 6.09 Å². The van der Waals surface area contributed by atoms with Gasteiger partial charge in [0.05, 0.1) is 0 Å². The topological polar surface area (TPSA) is 43.8 Å². The first-order valence-electron chi connectivity index (χ1n) is 7.13. The standard InChI is InChI=1S/C16H20N2O2/c1-17(16(19)20)14-6-8-18(9-7-14)11-13-10-12-4-2-3-5-15(12)13/h2-5,10,14H,6-9,11H2,1H3,(H,19,20). The largest absolute Gasteiger partial charge is 0.465 e. The molecule has 1 N–H and O–H groups in total. The molecule has 0 spiro atoms. The van der Waals surface area contributed by atoms with Crippen molar-refractivity contribution in [2.75, 3.05) is 26.7 Å². The number of nitrogens with zero attached hydrogens (tertiary/aromatic N) is 2. The van der Waals surface area contributed by atoms with Crippen molar-refractivity contribution in [1.29, 1.82) is 0 Å². The minimum Gasteiger partial charge on any atom is -0.465 e. The van der Waals surface area contributed by atoms with Gasteiger partial charge in [0.15, 0.2) is 0 Å². The number of rotatable bonds is 3. The number of fused-ring (bicyclic) bond motifs is 1. The lowest BCUT2D eigenvalue weighted by atomic mass is 9.88. The number of carbonyl (C=O) groups is 1. The zero-order valence-corrected chi connectivity index (χ0v) is 11.7. The summed E-state index contributed by atoms with van der Waals surface area (Å²) in [4.78, 5) is 14.8. The number of hydrogen-bond donors (Lipinski definition) is 1. The van der Waals surface area contributed by atoms with Crippen LogP contribution in [0.2, 0.25) is 0 Å². The summed E-state index contributed by atoms with van der Waals surface area (Å²) in [7, 11) is 1.67. The second-order valence-corrected chi connectivity index (χ2v) is 5.66. The Balaban J connectivity index is 1.52. The molecular weight excluding hydrogens is 252 g/mol. The van der Waals surface area contributed by atoms with Crippen molar-refractivity contribution in [3.63, 3.8) is 0 Å². The second kappa shape index (κ2) is 5.29. The molecule has 0 atom stereocenters. The van der Waals surface area contributed by atoms with Crippen LogP contribution in [0.4, 0.5) is 4.79 Å². The van der Waals surface area contributed by atoms with Crippen molar-refractivity contribution in [3.8, 4) is 0 Å². The van der Waals surface area contributed by atoms with Gasteiger partial charge in [-0.25, -0.2) is 4.79 Å². The first kappa shape index (κ1) is 13.2. The van der Waals surface area contributed by atoms with Crippen LogP contribution in [-0.4, -0.2) is 53.7 Å². The predicted molar refractivity (Wildman–Crippen MR) is 79.6 cm³/mol. The second-order valence-electron chi connectivity index (χ2n) is 5.66. The SMILES string of the molecule is CN(C(=O)O)C1CCN(CC2=Cc3ccccc32)CC1. The van der Waals surface area contributed by atoms with Crippen LogP contribution in [0.3, 0.4) is 0 Å². The number of amides is 1. The van der Waals surface area contributed by atoms with Gasteiger partial charge in [-0.2, -0.15) is 0 Å². The van der Waals surface area contributed by atoms with Crippen LogP contribution in [0.25, 0.3) is 11.6 Å². The Kier molecular flexibility index (Phi) is 3.49. The third-order valence-electron chi connectivity index (χ3n) is 4.44. The van der Waals surface area contributed by atoms with E-state index in [0.29, 0.717) is 0 Å². The van der Waals surface area contributed by atoms with E-state index in [4.69, 9.17) is 5.11 Å². The molecule has 1 amide bonds. The van der Waals surface area contributed by atoms with Crippen molar-refractivity contribution in [2.24, 2.45) is 0 Å². The van der Waals surface area contributed by atoms with E-state index in [1.807, 2.05) is 0 Å². The van der Waals surface area contributed by atoms with Gasteiger partial charge in [0.25, 0.3) is 0 Å². The average molecular weight is 272 g/mol. The average Bonchev–Trinajstić information content (AvgIpc) is 2.44. The molecule has 4 nitrogen and oxygen atoms in total. The maximum Gasteiger partial charge on any atom is 0.407 e. The van der Waals surface area contributed by atoms with E-state index in [0.717, 1.165) is 32.5 Å². The van der Waals surface area contributed by atoms with Gasteiger partial charge in [-0.15, -0.1) is 0 Å². The molecule has 106 valence electrons. The van der Waals surface area contributed by atoms with Crippen LogP contribution < -0.4 is 0 Å². The minimum absolute atomic E-state index is 0.173. The number of likely N-dealkylation sites (tertiary alicyclic amines) is 1. The van der Waals surface area contributed by atoms with Crippen molar-refractivity contribution in [2.45, 2.75) is 18.9 Å². The number of carboxylic acid groups (broad SMARTS) is 1. The van der Waals surface area contributed by atoms with Crippen LogP contribution >= 0.6 is 0 Å². The van der Waals surface area contributed by atoms with Crippen molar-refractivity contribution < 1.29 is 9.90 Å². The van der Waals surface area contributed by atoms with E-state index in [-0.39, 0.29) is 6.04 Å². The highest BCUT2D eigenvalue weighted by molar-refractivity contribution is 5.96. The van der Waals surface area contributed by atoms with Crippen molar-refractivity contribution >= 4 is 17.7 Å². The summed E-state index contributed by atoms with van der Waals surface area (Å²) in [5.74, 6) is 0. The van der Waals surface area contributed by atoms with E-state index < -0.39 is 6.09 Å². The van der Waals surface area contributed by atoms with Gasteiger partial charge in [0.2, 0.25) is 0 Å². The fourth-order valence-electron chi connectivity index (χ4n) is 3.10. The van der Waals surface area contributed by atoms with Crippen LogP contribution in [-0.2, 0) is 0 Å². The first-order chi connectivity index (χ1) is 9.65. The number of hydrogen-bond acceptors (Lipinski definition) is 2. The fourth-order valence-corrected chi connectivity index (χ4v) is 3.10. The van der Waals surface area contributed by atoms with Gasteiger partial charge in [0.1, 0.15) is 0 Å². The Morgan fingerprint density at radius 1 is 1.35 bits per heavy atom. The zero-order valence-electron chi connectivity index (χ0n) is 11.7. The predicted octanol–water partition coefficient (Wildman–Crippen LogP) is 2.61. The highest BCUT2D eigenvalue weighted by atomic mass is 16.4. The Morgan fingerprint density at radius 3 is 2.70 bits per heavy atom. The molecule has 1 saturated heterocycles. The Morgan fingerprint density at radius 2 is 2.05 bits per heavy atom. The molecule has 4 heteroatoms. The van der Waals surface area contributed by atoms with Crippen LogP contribution in [0.1, 0.15) is 24.0 Å². The molecule has 20 heavy (non-hydrogen) atoms. The third kappa shape index (κ3) is 2.43. The molecular formula is C16H20N2O2. The van der Waals surface area contributed by atoms with E-state index >= 15 is 0 Å². The zero-order chi connectivity index (χ0) is 14.1. The van der Waals surface area contributed by atoms with Crippen molar-refractivity contribution in [3.05, 3.63) is 35.4 Å². The molecule has 1 aromatic carbocycles. The summed E-state index contributed by atoms with van der Waals surface area (Å²) in [6.45, 7) is 2.93. The normalized spacial score (nSPS) is 18.9. The summed E-state index contributed by atoms with van der Waals surface area (Å²) < 4.78 is 0. The van der Waals surface area contributed by atoms with Crippen LogP contribution in [0.15, 0.2) is 24.3 Å². The van der Waals surface area contributed by atoms with Gasteiger partial charge in [-0.1, -0.05) is 24.3 Å². The lowest BCUT2D eigenvalue weighted by molar-refractivity contribution is 0.109. The molecule has 0 radical (unpaired) electrons. The lowest BCUT2D eigenvalue weighted by Crippen LogP contribution is -2.45. The van der Waals surface area contributed by atoms with Crippen LogP contribution in [0, 0.1) is 0 Å². The smallest absolute Gasteiger partial charge is 0.407 e. The maximum absolute atomic E-state index is 11.0. The Labute approximate surface area is 119 Å². The third-order valence-corrected chi connectivity index (χ3v) is 4.44. The highest BCUT2D eigenvalue weighted by Crippen LogP contribution is 2.33. The highest BCUT2D eigenvalue weighted by Gasteiger charge is 2.26.